The third-order valence-electron chi connectivity index (χ3n) is 4.16. The molecule has 2 heterocycles. The quantitative estimate of drug-likeness (QED) is 0.763. The van der Waals surface area contributed by atoms with Crippen LogP contribution < -0.4 is 5.32 Å². The van der Waals surface area contributed by atoms with Crippen molar-refractivity contribution in [3.8, 4) is 0 Å². The van der Waals surface area contributed by atoms with Gasteiger partial charge < -0.3 is 5.32 Å². The molecule has 0 radical (unpaired) electrons. The Bertz CT molecular complexity index is 583. The molecule has 2 aromatic heterocycles. The number of hydrogen-bond donors (Lipinski definition) is 1. The number of imidazole rings is 1. The van der Waals surface area contributed by atoms with Crippen molar-refractivity contribution in [3.63, 3.8) is 0 Å². The van der Waals surface area contributed by atoms with Crippen LogP contribution in [0.5, 0.6) is 0 Å². The second-order valence-electron chi connectivity index (χ2n) is 6.28. The van der Waals surface area contributed by atoms with Crippen LogP contribution in [-0.4, -0.2) is 15.4 Å². The third-order valence-corrected chi connectivity index (χ3v) is 4.16. The van der Waals surface area contributed by atoms with Gasteiger partial charge in [0.05, 0.1) is 5.69 Å². The third kappa shape index (κ3) is 3.39. The lowest BCUT2D eigenvalue weighted by Crippen LogP contribution is -2.20. The van der Waals surface area contributed by atoms with Crippen molar-refractivity contribution in [2.24, 2.45) is 0 Å². The summed E-state index contributed by atoms with van der Waals surface area (Å²) < 4.78 is 2.22. The zero-order valence-electron chi connectivity index (χ0n) is 14.1. The van der Waals surface area contributed by atoms with Crippen LogP contribution in [0.1, 0.15) is 70.6 Å². The van der Waals surface area contributed by atoms with Crippen LogP contribution in [0.2, 0.25) is 0 Å². The number of aryl methyl sites for hydroxylation is 1. The minimum Gasteiger partial charge on any atom is -0.367 e. The van der Waals surface area contributed by atoms with E-state index >= 15 is 0 Å². The normalized spacial score (nSPS) is 13.0. The van der Waals surface area contributed by atoms with E-state index in [0.29, 0.717) is 12.0 Å². The van der Waals surface area contributed by atoms with Crippen molar-refractivity contribution < 1.29 is 0 Å². The predicted molar refractivity (Wildman–Crippen MR) is 91.2 cm³/mol. The van der Waals surface area contributed by atoms with Crippen LogP contribution in [0.3, 0.4) is 0 Å². The van der Waals surface area contributed by atoms with E-state index in [0.717, 1.165) is 12.1 Å². The van der Waals surface area contributed by atoms with E-state index < -0.39 is 0 Å². The standard InChI is InChI=1S/C18H29N3/c1-6-8-11-15(7-2)19-18-16(13(3)4)20-17-14(5)10-9-12-21(17)18/h9-10,12-13,15,19H,6-8,11H2,1-5H3. The Morgan fingerprint density at radius 2 is 2.05 bits per heavy atom. The van der Waals surface area contributed by atoms with Gasteiger partial charge in [-0.2, -0.15) is 0 Å². The van der Waals surface area contributed by atoms with Gasteiger partial charge in [0, 0.05) is 12.2 Å². The summed E-state index contributed by atoms with van der Waals surface area (Å²) in [6.07, 6.45) is 7.02. The molecular formula is C18H29N3. The SMILES string of the molecule is CCCCC(CC)Nc1c(C(C)C)nc2c(C)cccn12. The lowest BCUT2D eigenvalue weighted by molar-refractivity contribution is 0.589. The highest BCUT2D eigenvalue weighted by molar-refractivity contribution is 5.60. The minimum absolute atomic E-state index is 0.426. The first-order valence-electron chi connectivity index (χ1n) is 8.32. The summed E-state index contributed by atoms with van der Waals surface area (Å²) in [5.74, 6) is 1.61. The van der Waals surface area contributed by atoms with Crippen LogP contribution in [0, 0.1) is 6.92 Å². The predicted octanol–water partition coefficient (Wildman–Crippen LogP) is 5.15. The Balaban J connectivity index is 2.40. The van der Waals surface area contributed by atoms with Gasteiger partial charge in [0.2, 0.25) is 0 Å². The first-order chi connectivity index (χ1) is 10.1. The maximum atomic E-state index is 4.88. The first kappa shape index (κ1) is 15.9. The molecule has 1 atom stereocenters. The number of hydrogen-bond acceptors (Lipinski definition) is 2. The monoisotopic (exact) mass is 287 g/mol. The van der Waals surface area contributed by atoms with E-state index in [1.54, 1.807) is 0 Å². The molecule has 0 aromatic carbocycles. The second kappa shape index (κ2) is 6.97. The van der Waals surface area contributed by atoms with Gasteiger partial charge in [-0.25, -0.2) is 4.98 Å². The van der Waals surface area contributed by atoms with Crippen LogP contribution in [0.25, 0.3) is 5.65 Å². The largest absolute Gasteiger partial charge is 0.367 e. The maximum absolute atomic E-state index is 4.88. The number of fused-ring (bicyclic) bond motifs is 1. The molecule has 2 aromatic rings. The zero-order chi connectivity index (χ0) is 15.4. The van der Waals surface area contributed by atoms with E-state index in [2.05, 4.69) is 62.7 Å². The van der Waals surface area contributed by atoms with E-state index in [9.17, 15) is 0 Å². The average molecular weight is 287 g/mol. The molecule has 0 saturated heterocycles. The Hall–Kier alpha value is -1.51. The summed E-state index contributed by atoms with van der Waals surface area (Å²) in [6, 6.07) is 4.76. The molecule has 0 aliphatic carbocycles. The fourth-order valence-corrected chi connectivity index (χ4v) is 2.79. The average Bonchev–Trinajstić information content (AvgIpc) is 2.84. The van der Waals surface area contributed by atoms with Gasteiger partial charge >= 0.3 is 0 Å². The highest BCUT2D eigenvalue weighted by Gasteiger charge is 2.18. The summed E-state index contributed by atoms with van der Waals surface area (Å²) in [6.45, 7) is 11.1. The Labute approximate surface area is 128 Å². The summed E-state index contributed by atoms with van der Waals surface area (Å²) in [5, 5.41) is 3.76. The lowest BCUT2D eigenvalue weighted by Gasteiger charge is -2.19. The summed E-state index contributed by atoms with van der Waals surface area (Å²) in [5.41, 5.74) is 3.49. The number of nitrogens with one attached hydrogen (secondary N) is 1. The number of pyridine rings is 1. The fraction of sp³-hybridized carbons (Fsp3) is 0.611. The van der Waals surface area contributed by atoms with Crippen LogP contribution in [-0.2, 0) is 0 Å². The van der Waals surface area contributed by atoms with Gasteiger partial charge in [-0.15, -0.1) is 0 Å². The molecule has 0 bridgehead atoms. The molecule has 3 heteroatoms. The van der Waals surface area contributed by atoms with Crippen molar-refractivity contribution in [2.45, 2.75) is 72.3 Å². The van der Waals surface area contributed by atoms with Gasteiger partial charge in [0.25, 0.3) is 0 Å². The summed E-state index contributed by atoms with van der Waals surface area (Å²) in [4.78, 5) is 4.88. The molecule has 116 valence electrons. The molecule has 0 saturated carbocycles. The van der Waals surface area contributed by atoms with Crippen molar-refractivity contribution >= 4 is 11.5 Å². The molecule has 0 amide bonds. The molecule has 2 rings (SSSR count). The molecule has 21 heavy (non-hydrogen) atoms. The number of nitrogens with zero attached hydrogens (tertiary/aromatic N) is 2. The van der Waals surface area contributed by atoms with Gasteiger partial charge in [0.1, 0.15) is 11.5 Å². The Morgan fingerprint density at radius 3 is 2.67 bits per heavy atom. The van der Waals surface area contributed by atoms with Gasteiger partial charge in [-0.05, 0) is 37.3 Å². The number of unbranched alkanes of at least 4 members (excludes halogenated alkanes) is 1. The van der Waals surface area contributed by atoms with Gasteiger partial charge in [-0.3, -0.25) is 4.40 Å². The van der Waals surface area contributed by atoms with Crippen molar-refractivity contribution in [3.05, 3.63) is 29.6 Å². The molecule has 0 aliphatic heterocycles. The topological polar surface area (TPSA) is 29.3 Å². The lowest BCUT2D eigenvalue weighted by atomic mass is 10.1. The van der Waals surface area contributed by atoms with Gasteiger partial charge in [0.15, 0.2) is 0 Å². The first-order valence-corrected chi connectivity index (χ1v) is 8.32. The number of aromatic nitrogens is 2. The van der Waals surface area contributed by atoms with Crippen molar-refractivity contribution in [2.75, 3.05) is 5.32 Å². The zero-order valence-corrected chi connectivity index (χ0v) is 14.1. The number of anilines is 1. The summed E-state index contributed by atoms with van der Waals surface area (Å²) >= 11 is 0. The van der Waals surface area contributed by atoms with Gasteiger partial charge in [-0.1, -0.05) is 46.6 Å². The highest BCUT2D eigenvalue weighted by Crippen LogP contribution is 2.28. The molecule has 0 aliphatic rings. The Kier molecular flexibility index (Phi) is 5.27. The number of rotatable bonds is 7. The van der Waals surface area contributed by atoms with Crippen LogP contribution >= 0.6 is 0 Å². The fourth-order valence-electron chi connectivity index (χ4n) is 2.79. The van der Waals surface area contributed by atoms with E-state index in [4.69, 9.17) is 4.98 Å². The highest BCUT2D eigenvalue weighted by atomic mass is 15.1. The molecular weight excluding hydrogens is 258 g/mol. The van der Waals surface area contributed by atoms with E-state index in [-0.39, 0.29) is 0 Å². The van der Waals surface area contributed by atoms with Crippen LogP contribution in [0.15, 0.2) is 18.3 Å². The van der Waals surface area contributed by atoms with Crippen molar-refractivity contribution in [1.29, 1.82) is 0 Å². The minimum atomic E-state index is 0.426. The second-order valence-corrected chi connectivity index (χ2v) is 6.28. The maximum Gasteiger partial charge on any atom is 0.141 e. The molecule has 1 unspecified atom stereocenters. The van der Waals surface area contributed by atoms with Crippen molar-refractivity contribution in [1.82, 2.24) is 9.38 Å². The molecule has 0 fully saturated rings. The smallest absolute Gasteiger partial charge is 0.141 e. The van der Waals surface area contributed by atoms with E-state index in [1.807, 2.05) is 0 Å². The molecule has 3 nitrogen and oxygen atoms in total. The molecule has 0 spiro atoms. The summed E-state index contributed by atoms with van der Waals surface area (Å²) in [7, 11) is 0. The van der Waals surface area contributed by atoms with E-state index in [1.165, 1.54) is 36.3 Å². The Morgan fingerprint density at radius 1 is 1.29 bits per heavy atom. The van der Waals surface area contributed by atoms with Crippen LogP contribution in [0.4, 0.5) is 5.82 Å². The molecule has 1 N–H and O–H groups in total.